The van der Waals surface area contributed by atoms with E-state index in [-0.39, 0.29) is 0 Å². The molecule has 1 N–H and O–H groups in total. The Morgan fingerprint density at radius 3 is 2.50 bits per heavy atom. The van der Waals surface area contributed by atoms with Crippen LogP contribution in [0.2, 0.25) is 0 Å². The first-order valence-corrected chi connectivity index (χ1v) is 5.35. The van der Waals surface area contributed by atoms with Gasteiger partial charge in [0.15, 0.2) is 0 Å². The lowest BCUT2D eigenvalue weighted by molar-refractivity contribution is 0.477. The molecule has 0 saturated carbocycles. The number of phenolic OH excluding ortho intramolecular Hbond substituents is 1. The van der Waals surface area contributed by atoms with Gasteiger partial charge in [-0.3, -0.25) is 0 Å². The zero-order chi connectivity index (χ0) is 10.1. The topological polar surface area (TPSA) is 20.2 Å². The predicted octanol–water partition coefficient (Wildman–Crippen LogP) is 3.74. The number of rotatable bonds is 1. The van der Waals surface area contributed by atoms with Crippen molar-refractivity contribution in [3.8, 4) is 16.2 Å². The molecule has 0 bridgehead atoms. The molecule has 0 fully saturated rings. The van der Waals surface area contributed by atoms with Gasteiger partial charge < -0.3 is 5.11 Å². The van der Waals surface area contributed by atoms with Crippen molar-refractivity contribution in [3.63, 3.8) is 0 Å². The number of aryl methyl sites for hydroxylation is 2. The predicted molar refractivity (Wildman–Crippen MR) is 60.9 cm³/mol. The van der Waals surface area contributed by atoms with Crippen molar-refractivity contribution in [3.05, 3.63) is 40.8 Å². The van der Waals surface area contributed by atoms with Gasteiger partial charge in [-0.2, -0.15) is 0 Å². The molecule has 0 aliphatic carbocycles. The van der Waals surface area contributed by atoms with Crippen LogP contribution in [-0.2, 0) is 0 Å². The molecule has 0 amide bonds. The summed E-state index contributed by atoms with van der Waals surface area (Å²) in [5, 5.41) is 9.70. The SMILES string of the molecule is Cc1ccc(O)c(-c2ccc(C)s2)c1. The van der Waals surface area contributed by atoms with Crippen molar-refractivity contribution < 1.29 is 5.11 Å². The van der Waals surface area contributed by atoms with Gasteiger partial charge >= 0.3 is 0 Å². The van der Waals surface area contributed by atoms with Gasteiger partial charge in [0.05, 0.1) is 0 Å². The van der Waals surface area contributed by atoms with Crippen molar-refractivity contribution >= 4 is 11.3 Å². The molecule has 0 radical (unpaired) electrons. The molecular formula is C12H12OS. The number of benzene rings is 1. The van der Waals surface area contributed by atoms with Crippen LogP contribution < -0.4 is 0 Å². The monoisotopic (exact) mass is 204 g/mol. The van der Waals surface area contributed by atoms with Crippen LogP contribution in [0.1, 0.15) is 10.4 Å². The second kappa shape index (κ2) is 3.46. The van der Waals surface area contributed by atoms with E-state index >= 15 is 0 Å². The third-order valence-electron chi connectivity index (χ3n) is 2.16. The summed E-state index contributed by atoms with van der Waals surface area (Å²) in [4.78, 5) is 2.39. The van der Waals surface area contributed by atoms with E-state index in [4.69, 9.17) is 0 Å². The maximum Gasteiger partial charge on any atom is 0.124 e. The normalized spacial score (nSPS) is 10.4. The van der Waals surface area contributed by atoms with Crippen LogP contribution >= 0.6 is 11.3 Å². The summed E-state index contributed by atoms with van der Waals surface area (Å²) in [7, 11) is 0. The van der Waals surface area contributed by atoms with E-state index in [1.54, 1.807) is 17.4 Å². The summed E-state index contributed by atoms with van der Waals surface area (Å²) in [6, 6.07) is 9.80. The molecule has 1 aromatic carbocycles. The highest BCUT2D eigenvalue weighted by molar-refractivity contribution is 7.15. The first-order chi connectivity index (χ1) is 6.66. The third kappa shape index (κ3) is 1.66. The maximum absolute atomic E-state index is 9.70. The fourth-order valence-electron chi connectivity index (χ4n) is 1.43. The summed E-state index contributed by atoms with van der Waals surface area (Å²) in [5.41, 5.74) is 2.10. The van der Waals surface area contributed by atoms with Crippen LogP contribution in [-0.4, -0.2) is 5.11 Å². The molecule has 0 unspecified atom stereocenters. The molecule has 0 atom stereocenters. The molecule has 0 aliphatic rings. The molecule has 0 saturated heterocycles. The molecule has 2 aromatic rings. The lowest BCUT2D eigenvalue weighted by atomic mass is 10.1. The minimum absolute atomic E-state index is 0.359. The zero-order valence-electron chi connectivity index (χ0n) is 8.24. The molecule has 0 aliphatic heterocycles. The Kier molecular flexibility index (Phi) is 2.30. The maximum atomic E-state index is 9.70. The molecule has 72 valence electrons. The standard InChI is InChI=1S/C12H12OS/c1-8-3-5-11(13)10(7-8)12-6-4-9(2)14-12/h3-7,13H,1-2H3. The Hall–Kier alpha value is -1.28. The summed E-state index contributed by atoms with van der Waals surface area (Å²) in [5.74, 6) is 0.359. The van der Waals surface area contributed by atoms with E-state index in [0.717, 1.165) is 10.4 Å². The smallest absolute Gasteiger partial charge is 0.124 e. The molecular weight excluding hydrogens is 192 g/mol. The second-order valence-electron chi connectivity index (χ2n) is 3.43. The van der Waals surface area contributed by atoms with Gasteiger partial charge in [0.1, 0.15) is 5.75 Å². The molecule has 1 aromatic heterocycles. The van der Waals surface area contributed by atoms with Crippen molar-refractivity contribution in [2.24, 2.45) is 0 Å². The van der Waals surface area contributed by atoms with Crippen LogP contribution in [0.4, 0.5) is 0 Å². The van der Waals surface area contributed by atoms with Crippen LogP contribution in [0.5, 0.6) is 5.75 Å². The first-order valence-electron chi connectivity index (χ1n) is 4.53. The van der Waals surface area contributed by atoms with Gasteiger partial charge in [0.25, 0.3) is 0 Å². The second-order valence-corrected chi connectivity index (χ2v) is 4.72. The number of thiophene rings is 1. The largest absolute Gasteiger partial charge is 0.507 e. The average molecular weight is 204 g/mol. The van der Waals surface area contributed by atoms with E-state index in [2.05, 4.69) is 19.1 Å². The van der Waals surface area contributed by atoms with Gasteiger partial charge in [-0.25, -0.2) is 0 Å². The molecule has 2 rings (SSSR count). The van der Waals surface area contributed by atoms with E-state index in [1.165, 1.54) is 10.4 Å². The molecule has 1 heterocycles. The van der Waals surface area contributed by atoms with Gasteiger partial charge in [-0.15, -0.1) is 11.3 Å². The summed E-state index contributed by atoms with van der Waals surface area (Å²) in [6.45, 7) is 4.10. The Labute approximate surface area is 87.7 Å². The van der Waals surface area contributed by atoms with Crippen LogP contribution in [0.25, 0.3) is 10.4 Å². The zero-order valence-corrected chi connectivity index (χ0v) is 9.06. The van der Waals surface area contributed by atoms with E-state index in [0.29, 0.717) is 5.75 Å². The highest BCUT2D eigenvalue weighted by atomic mass is 32.1. The molecule has 14 heavy (non-hydrogen) atoms. The molecule has 2 heteroatoms. The third-order valence-corrected chi connectivity index (χ3v) is 3.19. The van der Waals surface area contributed by atoms with Crippen molar-refractivity contribution in [1.29, 1.82) is 0 Å². The average Bonchev–Trinajstić information content (AvgIpc) is 2.56. The highest BCUT2D eigenvalue weighted by Gasteiger charge is 2.05. The minimum Gasteiger partial charge on any atom is -0.507 e. The van der Waals surface area contributed by atoms with Crippen molar-refractivity contribution in [2.45, 2.75) is 13.8 Å². The number of phenols is 1. The molecule has 1 nitrogen and oxygen atoms in total. The van der Waals surface area contributed by atoms with Crippen molar-refractivity contribution in [2.75, 3.05) is 0 Å². The number of aromatic hydroxyl groups is 1. The first kappa shape index (κ1) is 9.28. The summed E-state index contributed by atoms with van der Waals surface area (Å²) in [6.07, 6.45) is 0. The highest BCUT2D eigenvalue weighted by Crippen LogP contribution is 2.34. The Morgan fingerprint density at radius 2 is 1.86 bits per heavy atom. The summed E-state index contributed by atoms with van der Waals surface area (Å²) >= 11 is 1.70. The fourth-order valence-corrected chi connectivity index (χ4v) is 2.32. The summed E-state index contributed by atoms with van der Waals surface area (Å²) < 4.78 is 0. The number of hydrogen-bond acceptors (Lipinski definition) is 2. The van der Waals surface area contributed by atoms with E-state index in [1.807, 2.05) is 19.1 Å². The van der Waals surface area contributed by atoms with Gasteiger partial charge in [0.2, 0.25) is 0 Å². The number of hydrogen-bond donors (Lipinski definition) is 1. The van der Waals surface area contributed by atoms with Gasteiger partial charge in [-0.1, -0.05) is 11.6 Å². The van der Waals surface area contributed by atoms with E-state index in [9.17, 15) is 5.11 Å². The Balaban J connectivity index is 2.55. The minimum atomic E-state index is 0.359. The Bertz CT molecular complexity index is 457. The lowest BCUT2D eigenvalue weighted by Crippen LogP contribution is -1.77. The van der Waals surface area contributed by atoms with Crippen LogP contribution in [0.15, 0.2) is 30.3 Å². The van der Waals surface area contributed by atoms with Crippen LogP contribution in [0.3, 0.4) is 0 Å². The van der Waals surface area contributed by atoms with E-state index < -0.39 is 0 Å². The van der Waals surface area contributed by atoms with Gasteiger partial charge in [-0.05, 0) is 38.1 Å². The fraction of sp³-hybridized carbons (Fsp3) is 0.167. The molecule has 0 spiro atoms. The Morgan fingerprint density at radius 1 is 1.07 bits per heavy atom. The lowest BCUT2D eigenvalue weighted by Gasteiger charge is -2.02. The van der Waals surface area contributed by atoms with Crippen molar-refractivity contribution in [1.82, 2.24) is 0 Å². The van der Waals surface area contributed by atoms with Crippen LogP contribution in [0, 0.1) is 13.8 Å². The van der Waals surface area contributed by atoms with Gasteiger partial charge in [0, 0.05) is 15.3 Å². The quantitative estimate of drug-likeness (QED) is 0.750.